The molecule has 0 fully saturated rings. The van der Waals surface area contributed by atoms with E-state index in [2.05, 4.69) is 9.55 Å². The normalized spacial score (nSPS) is 11.2. The Hall–Kier alpha value is -2.73. The zero-order valence-electron chi connectivity index (χ0n) is 15.6. The van der Waals surface area contributed by atoms with Crippen LogP contribution in [-0.2, 0) is 17.8 Å². The van der Waals surface area contributed by atoms with E-state index >= 15 is 0 Å². The average Bonchev–Trinajstić information content (AvgIpc) is 2.91. The maximum Gasteiger partial charge on any atom is 0.261 e. The molecular weight excluding hydrogens is 330 g/mol. The molecule has 26 heavy (non-hydrogen) atoms. The molecule has 6 heteroatoms. The third kappa shape index (κ3) is 3.20. The van der Waals surface area contributed by atoms with Gasteiger partial charge in [-0.05, 0) is 39.0 Å². The number of aromatic nitrogens is 3. The maximum absolute atomic E-state index is 12.9. The maximum atomic E-state index is 12.9. The number of hydrogen-bond donors (Lipinski definition) is 0. The van der Waals surface area contributed by atoms with Gasteiger partial charge in [-0.15, -0.1) is 0 Å². The van der Waals surface area contributed by atoms with Crippen molar-refractivity contribution >= 4 is 16.7 Å². The number of rotatable bonds is 6. The summed E-state index contributed by atoms with van der Waals surface area (Å²) in [6.07, 6.45) is 0. The van der Waals surface area contributed by atoms with Crippen LogP contribution in [0.1, 0.15) is 27.6 Å². The topological polar surface area (TPSA) is 66.1 Å². The Morgan fingerprint density at radius 1 is 1.15 bits per heavy atom. The molecule has 0 N–H and O–H groups in total. The number of carbonyl (C=O) groups is 1. The number of aryl methyl sites for hydroxylation is 2. The minimum atomic E-state index is -0.186. The Labute approximate surface area is 152 Å². The molecule has 1 aromatic carbocycles. The molecule has 0 aliphatic carbocycles. The van der Waals surface area contributed by atoms with Gasteiger partial charge in [-0.25, -0.2) is 4.98 Å². The molecule has 0 atom stereocenters. The van der Waals surface area contributed by atoms with E-state index in [1.54, 1.807) is 32.2 Å². The SMILES string of the molecule is COCCn1c(C)cc(C(=O)Cn2c(C)nc3ccccc3c2=O)c1C. The number of carbonyl (C=O) groups excluding carboxylic acids is 1. The highest BCUT2D eigenvalue weighted by Gasteiger charge is 2.18. The molecular formula is C20H23N3O3. The van der Waals surface area contributed by atoms with Gasteiger partial charge in [0.2, 0.25) is 0 Å². The summed E-state index contributed by atoms with van der Waals surface area (Å²) in [5, 5.41) is 0.525. The van der Waals surface area contributed by atoms with Gasteiger partial charge >= 0.3 is 0 Å². The summed E-state index contributed by atoms with van der Waals surface area (Å²) >= 11 is 0. The summed E-state index contributed by atoms with van der Waals surface area (Å²) in [6, 6.07) is 9.07. The van der Waals surface area contributed by atoms with Crippen molar-refractivity contribution in [2.24, 2.45) is 0 Å². The van der Waals surface area contributed by atoms with Crippen LogP contribution in [0, 0.1) is 20.8 Å². The molecule has 2 aromatic heterocycles. The van der Waals surface area contributed by atoms with E-state index in [1.807, 2.05) is 26.0 Å². The molecule has 0 saturated heterocycles. The van der Waals surface area contributed by atoms with Gasteiger partial charge in [0.25, 0.3) is 5.56 Å². The molecule has 0 aliphatic rings. The van der Waals surface area contributed by atoms with Crippen molar-refractivity contribution in [3.05, 3.63) is 63.5 Å². The molecule has 0 spiro atoms. The van der Waals surface area contributed by atoms with Gasteiger partial charge < -0.3 is 9.30 Å². The molecule has 136 valence electrons. The van der Waals surface area contributed by atoms with Crippen LogP contribution in [0.15, 0.2) is 35.1 Å². The largest absolute Gasteiger partial charge is 0.383 e. The summed E-state index contributed by atoms with van der Waals surface area (Å²) < 4.78 is 8.64. The third-order valence-electron chi connectivity index (χ3n) is 4.75. The fraction of sp³-hybridized carbons (Fsp3) is 0.350. The third-order valence-corrected chi connectivity index (χ3v) is 4.75. The highest BCUT2D eigenvalue weighted by molar-refractivity contribution is 5.97. The molecule has 0 bridgehead atoms. The van der Waals surface area contributed by atoms with E-state index in [4.69, 9.17) is 4.74 Å². The second-order valence-corrected chi connectivity index (χ2v) is 6.42. The average molecular weight is 353 g/mol. The van der Waals surface area contributed by atoms with Crippen LogP contribution in [-0.4, -0.2) is 33.6 Å². The molecule has 0 unspecified atom stereocenters. The first kappa shape index (κ1) is 18.1. The smallest absolute Gasteiger partial charge is 0.261 e. The Kier molecular flexibility index (Phi) is 5.04. The number of para-hydroxylation sites is 1. The van der Waals surface area contributed by atoms with Crippen molar-refractivity contribution in [2.45, 2.75) is 33.9 Å². The molecule has 0 amide bonds. The van der Waals surface area contributed by atoms with Crippen LogP contribution in [0.4, 0.5) is 0 Å². The lowest BCUT2D eigenvalue weighted by Gasteiger charge is -2.11. The molecule has 0 aliphatic heterocycles. The lowest BCUT2D eigenvalue weighted by Crippen LogP contribution is -2.27. The van der Waals surface area contributed by atoms with E-state index in [-0.39, 0.29) is 17.9 Å². The summed E-state index contributed by atoms with van der Waals surface area (Å²) in [4.78, 5) is 30.1. The number of hydrogen-bond acceptors (Lipinski definition) is 4. The fourth-order valence-corrected chi connectivity index (χ4v) is 3.30. The predicted octanol–water partition coefficient (Wildman–Crippen LogP) is 2.65. The number of methoxy groups -OCH3 is 1. The van der Waals surface area contributed by atoms with Crippen molar-refractivity contribution in [1.82, 2.24) is 14.1 Å². The predicted molar refractivity (Wildman–Crippen MR) is 101 cm³/mol. The Morgan fingerprint density at radius 2 is 1.88 bits per heavy atom. The summed E-state index contributed by atoms with van der Waals surface area (Å²) in [5.74, 6) is 0.444. The highest BCUT2D eigenvalue weighted by Crippen LogP contribution is 2.17. The van der Waals surface area contributed by atoms with Crippen molar-refractivity contribution in [3.8, 4) is 0 Å². The van der Waals surface area contributed by atoms with Gasteiger partial charge in [-0.1, -0.05) is 12.1 Å². The number of nitrogens with zero attached hydrogens (tertiary/aromatic N) is 3. The van der Waals surface area contributed by atoms with E-state index in [1.165, 1.54) is 4.57 Å². The lowest BCUT2D eigenvalue weighted by molar-refractivity contribution is 0.0968. The van der Waals surface area contributed by atoms with Gasteiger partial charge in [0.05, 0.1) is 24.1 Å². The second kappa shape index (κ2) is 7.25. The summed E-state index contributed by atoms with van der Waals surface area (Å²) in [6.45, 7) is 6.90. The molecule has 0 saturated carbocycles. The van der Waals surface area contributed by atoms with Crippen LogP contribution in [0.25, 0.3) is 10.9 Å². The van der Waals surface area contributed by atoms with Crippen molar-refractivity contribution in [2.75, 3.05) is 13.7 Å². The van der Waals surface area contributed by atoms with E-state index in [0.717, 1.165) is 11.4 Å². The van der Waals surface area contributed by atoms with Gasteiger partial charge in [-0.2, -0.15) is 0 Å². The molecule has 2 heterocycles. The molecule has 3 aromatic rings. The van der Waals surface area contributed by atoms with Crippen LogP contribution in [0.3, 0.4) is 0 Å². The minimum absolute atomic E-state index is 0.0168. The zero-order chi connectivity index (χ0) is 18.8. The zero-order valence-corrected chi connectivity index (χ0v) is 15.6. The van der Waals surface area contributed by atoms with Crippen LogP contribution < -0.4 is 5.56 Å². The van der Waals surface area contributed by atoms with Gasteiger partial charge in [0.1, 0.15) is 5.82 Å². The monoisotopic (exact) mass is 353 g/mol. The quantitative estimate of drug-likeness (QED) is 0.639. The van der Waals surface area contributed by atoms with Crippen LogP contribution in [0.5, 0.6) is 0 Å². The van der Waals surface area contributed by atoms with Crippen molar-refractivity contribution in [3.63, 3.8) is 0 Å². The lowest BCUT2D eigenvalue weighted by atomic mass is 10.1. The van der Waals surface area contributed by atoms with Crippen LogP contribution >= 0.6 is 0 Å². The second-order valence-electron chi connectivity index (χ2n) is 6.42. The standard InChI is InChI=1S/C20H23N3O3/c1-13-11-17(14(2)22(13)9-10-26-4)19(24)12-23-15(3)21-18-8-6-5-7-16(18)20(23)25/h5-8,11H,9-10,12H2,1-4H3. The van der Waals surface area contributed by atoms with Gasteiger partial charge in [0, 0.05) is 30.6 Å². The van der Waals surface area contributed by atoms with Crippen molar-refractivity contribution in [1.29, 1.82) is 0 Å². The van der Waals surface area contributed by atoms with Crippen molar-refractivity contribution < 1.29 is 9.53 Å². The van der Waals surface area contributed by atoms with E-state index < -0.39 is 0 Å². The van der Waals surface area contributed by atoms with Crippen LogP contribution in [0.2, 0.25) is 0 Å². The first-order valence-electron chi connectivity index (χ1n) is 8.59. The summed E-state index contributed by atoms with van der Waals surface area (Å²) in [5.41, 5.74) is 3.00. The fourth-order valence-electron chi connectivity index (χ4n) is 3.30. The first-order chi connectivity index (χ1) is 12.4. The summed E-state index contributed by atoms with van der Waals surface area (Å²) in [7, 11) is 1.65. The Morgan fingerprint density at radius 3 is 2.62 bits per heavy atom. The van der Waals surface area contributed by atoms with E-state index in [9.17, 15) is 9.59 Å². The number of fused-ring (bicyclic) bond motifs is 1. The van der Waals surface area contributed by atoms with Gasteiger partial charge in [-0.3, -0.25) is 14.2 Å². The first-order valence-corrected chi connectivity index (χ1v) is 8.59. The van der Waals surface area contributed by atoms with E-state index in [0.29, 0.717) is 35.4 Å². The Bertz CT molecular complexity index is 1030. The molecule has 6 nitrogen and oxygen atoms in total. The minimum Gasteiger partial charge on any atom is -0.383 e. The Balaban J connectivity index is 1.96. The molecule has 0 radical (unpaired) electrons. The highest BCUT2D eigenvalue weighted by atomic mass is 16.5. The number of benzene rings is 1. The number of ether oxygens (including phenoxy) is 1. The number of Topliss-reactive ketones (excluding diaryl/α,β-unsaturated/α-hetero) is 1. The number of ketones is 1. The molecule has 3 rings (SSSR count). The van der Waals surface area contributed by atoms with Gasteiger partial charge in [0.15, 0.2) is 5.78 Å².